The maximum Gasteiger partial charge on any atom is 0.243 e. The summed E-state index contributed by atoms with van der Waals surface area (Å²) < 4.78 is 20.6. The average Bonchev–Trinajstić information content (AvgIpc) is 2.96. The SMILES string of the molecule is CNCc1c(Oc2ccc(F)cc2)nc2sccn12. The van der Waals surface area contributed by atoms with Gasteiger partial charge in [0.2, 0.25) is 5.88 Å². The maximum absolute atomic E-state index is 12.9. The molecule has 98 valence electrons. The van der Waals surface area contributed by atoms with Crippen molar-refractivity contribution in [3.05, 3.63) is 47.4 Å². The van der Waals surface area contributed by atoms with Gasteiger partial charge in [-0.2, -0.15) is 4.98 Å². The Balaban J connectivity index is 1.97. The van der Waals surface area contributed by atoms with Crippen LogP contribution in [-0.4, -0.2) is 16.4 Å². The molecule has 4 nitrogen and oxygen atoms in total. The highest BCUT2D eigenvalue weighted by Crippen LogP contribution is 2.27. The Bertz CT molecular complexity index is 690. The summed E-state index contributed by atoms with van der Waals surface area (Å²) in [7, 11) is 1.87. The number of halogens is 1. The van der Waals surface area contributed by atoms with Crippen LogP contribution in [0.4, 0.5) is 4.39 Å². The molecule has 0 aliphatic rings. The molecule has 0 fully saturated rings. The number of ether oxygens (including phenoxy) is 1. The third-order valence-corrected chi connectivity index (χ3v) is 3.45. The second-order valence-electron chi connectivity index (χ2n) is 4.01. The van der Waals surface area contributed by atoms with Crippen LogP contribution in [0.25, 0.3) is 4.96 Å². The smallest absolute Gasteiger partial charge is 0.243 e. The first-order valence-electron chi connectivity index (χ1n) is 5.80. The van der Waals surface area contributed by atoms with Crippen LogP contribution in [0.3, 0.4) is 0 Å². The van der Waals surface area contributed by atoms with Crippen molar-refractivity contribution in [3.8, 4) is 11.6 Å². The summed E-state index contributed by atoms with van der Waals surface area (Å²) in [5.74, 6) is 0.839. The summed E-state index contributed by atoms with van der Waals surface area (Å²) in [6.45, 7) is 0.647. The molecule has 2 heterocycles. The molecule has 3 aromatic rings. The van der Waals surface area contributed by atoms with Crippen LogP contribution in [0, 0.1) is 5.82 Å². The molecule has 0 spiro atoms. The number of fused-ring (bicyclic) bond motifs is 1. The van der Waals surface area contributed by atoms with Crippen LogP contribution < -0.4 is 10.1 Å². The number of nitrogens with one attached hydrogen (secondary N) is 1. The summed E-state index contributed by atoms with van der Waals surface area (Å²) in [5.41, 5.74) is 0.947. The van der Waals surface area contributed by atoms with Crippen LogP contribution in [-0.2, 0) is 6.54 Å². The molecule has 1 N–H and O–H groups in total. The Kier molecular flexibility index (Phi) is 3.18. The zero-order valence-electron chi connectivity index (χ0n) is 10.3. The molecular weight excluding hydrogens is 265 g/mol. The van der Waals surface area contributed by atoms with Gasteiger partial charge < -0.3 is 10.1 Å². The van der Waals surface area contributed by atoms with Crippen LogP contribution in [0.2, 0.25) is 0 Å². The van der Waals surface area contributed by atoms with E-state index in [1.807, 2.05) is 23.0 Å². The van der Waals surface area contributed by atoms with E-state index in [2.05, 4.69) is 10.3 Å². The van der Waals surface area contributed by atoms with Crippen LogP contribution in [0.1, 0.15) is 5.69 Å². The second kappa shape index (κ2) is 4.99. The number of thiazole rings is 1. The lowest BCUT2D eigenvalue weighted by Gasteiger charge is -2.05. The summed E-state index contributed by atoms with van der Waals surface area (Å²) in [4.78, 5) is 5.31. The van der Waals surface area contributed by atoms with E-state index in [1.54, 1.807) is 23.5 Å². The predicted molar refractivity (Wildman–Crippen MR) is 72.3 cm³/mol. The third-order valence-electron chi connectivity index (χ3n) is 2.70. The topological polar surface area (TPSA) is 38.6 Å². The Hall–Kier alpha value is -1.92. The number of rotatable bonds is 4. The fraction of sp³-hybridized carbons (Fsp3) is 0.154. The van der Waals surface area contributed by atoms with Gasteiger partial charge in [0.1, 0.15) is 17.3 Å². The Labute approximate surface area is 113 Å². The molecule has 3 rings (SSSR count). The Morgan fingerprint density at radius 3 is 2.89 bits per heavy atom. The van der Waals surface area contributed by atoms with Crippen molar-refractivity contribution >= 4 is 16.3 Å². The lowest BCUT2D eigenvalue weighted by atomic mass is 10.3. The second-order valence-corrected chi connectivity index (χ2v) is 4.88. The number of benzene rings is 1. The standard InChI is InChI=1S/C13H12FN3OS/c1-15-8-11-12(16-13-17(11)6-7-19-13)18-10-4-2-9(14)3-5-10/h2-7,15H,8H2,1H3. The molecule has 0 saturated heterocycles. The highest BCUT2D eigenvalue weighted by molar-refractivity contribution is 7.15. The molecule has 19 heavy (non-hydrogen) atoms. The number of aromatic nitrogens is 2. The minimum absolute atomic E-state index is 0.284. The Morgan fingerprint density at radius 1 is 1.37 bits per heavy atom. The first kappa shape index (κ1) is 12.1. The van der Waals surface area contributed by atoms with Crippen molar-refractivity contribution in [2.75, 3.05) is 7.05 Å². The molecule has 0 radical (unpaired) electrons. The lowest BCUT2D eigenvalue weighted by molar-refractivity contribution is 0.455. The van der Waals surface area contributed by atoms with Gasteiger partial charge in [0.15, 0.2) is 4.96 Å². The van der Waals surface area contributed by atoms with Gasteiger partial charge >= 0.3 is 0 Å². The van der Waals surface area contributed by atoms with Crippen molar-refractivity contribution < 1.29 is 9.13 Å². The molecule has 0 bridgehead atoms. The average molecular weight is 277 g/mol. The van der Waals surface area contributed by atoms with E-state index in [0.717, 1.165) is 10.7 Å². The third kappa shape index (κ3) is 2.32. The molecule has 2 aromatic heterocycles. The first-order valence-corrected chi connectivity index (χ1v) is 6.68. The fourth-order valence-electron chi connectivity index (χ4n) is 1.84. The molecule has 0 aliphatic heterocycles. The number of imidazole rings is 1. The minimum atomic E-state index is -0.284. The molecule has 0 saturated carbocycles. The van der Waals surface area contributed by atoms with Crippen LogP contribution in [0.15, 0.2) is 35.8 Å². The quantitative estimate of drug-likeness (QED) is 0.796. The van der Waals surface area contributed by atoms with Gasteiger partial charge in [-0.15, -0.1) is 11.3 Å². The summed E-state index contributed by atoms with van der Waals surface area (Å²) >= 11 is 1.55. The van der Waals surface area contributed by atoms with E-state index < -0.39 is 0 Å². The summed E-state index contributed by atoms with van der Waals surface area (Å²) in [5, 5.41) is 5.07. The highest BCUT2D eigenvalue weighted by atomic mass is 32.1. The molecule has 6 heteroatoms. The van der Waals surface area contributed by atoms with Gasteiger partial charge in [-0.3, -0.25) is 4.40 Å². The Morgan fingerprint density at radius 2 is 2.16 bits per heavy atom. The number of nitrogens with zero attached hydrogens (tertiary/aromatic N) is 2. The van der Waals surface area contributed by atoms with E-state index in [4.69, 9.17) is 4.74 Å². The molecule has 0 amide bonds. The fourth-order valence-corrected chi connectivity index (χ4v) is 2.56. The van der Waals surface area contributed by atoms with Gasteiger partial charge in [0.05, 0.1) is 0 Å². The van der Waals surface area contributed by atoms with E-state index >= 15 is 0 Å². The first-order chi connectivity index (χ1) is 9.28. The van der Waals surface area contributed by atoms with Gasteiger partial charge in [-0.25, -0.2) is 4.39 Å². The van der Waals surface area contributed by atoms with Gasteiger partial charge in [0, 0.05) is 18.1 Å². The monoisotopic (exact) mass is 277 g/mol. The largest absolute Gasteiger partial charge is 0.437 e. The predicted octanol–water partition coefficient (Wildman–Crippen LogP) is 3.05. The number of hydrogen-bond donors (Lipinski definition) is 1. The zero-order chi connectivity index (χ0) is 13.2. The van der Waals surface area contributed by atoms with Crippen molar-refractivity contribution in [2.45, 2.75) is 6.54 Å². The van der Waals surface area contributed by atoms with Crippen LogP contribution >= 0.6 is 11.3 Å². The molecule has 0 unspecified atom stereocenters. The van der Waals surface area contributed by atoms with E-state index in [9.17, 15) is 4.39 Å². The minimum Gasteiger partial charge on any atom is -0.437 e. The lowest BCUT2D eigenvalue weighted by Crippen LogP contribution is -2.08. The van der Waals surface area contributed by atoms with Gasteiger partial charge in [-0.05, 0) is 31.3 Å². The summed E-state index contributed by atoms with van der Waals surface area (Å²) in [6, 6.07) is 5.91. The zero-order valence-corrected chi connectivity index (χ0v) is 11.1. The molecule has 0 atom stereocenters. The van der Waals surface area contributed by atoms with Crippen LogP contribution in [0.5, 0.6) is 11.6 Å². The van der Waals surface area contributed by atoms with E-state index in [1.165, 1.54) is 12.1 Å². The van der Waals surface area contributed by atoms with Crippen molar-refractivity contribution in [1.29, 1.82) is 0 Å². The van der Waals surface area contributed by atoms with Crippen molar-refractivity contribution in [1.82, 2.24) is 14.7 Å². The van der Waals surface area contributed by atoms with E-state index in [0.29, 0.717) is 18.2 Å². The molecule has 0 aliphatic carbocycles. The number of hydrogen-bond acceptors (Lipinski definition) is 4. The van der Waals surface area contributed by atoms with Gasteiger partial charge in [0.25, 0.3) is 0 Å². The maximum atomic E-state index is 12.9. The van der Waals surface area contributed by atoms with Crippen molar-refractivity contribution in [3.63, 3.8) is 0 Å². The molecular formula is C13H12FN3OS. The van der Waals surface area contributed by atoms with Crippen molar-refractivity contribution in [2.24, 2.45) is 0 Å². The summed E-state index contributed by atoms with van der Waals surface area (Å²) in [6.07, 6.45) is 1.96. The highest BCUT2D eigenvalue weighted by Gasteiger charge is 2.14. The molecule has 1 aromatic carbocycles. The van der Waals surface area contributed by atoms with Gasteiger partial charge in [-0.1, -0.05) is 0 Å². The normalized spacial score (nSPS) is 11.1. The van der Waals surface area contributed by atoms with E-state index in [-0.39, 0.29) is 5.82 Å².